The Balaban J connectivity index is 1.25. The molecule has 0 aliphatic rings. The van der Waals surface area contributed by atoms with E-state index < -0.39 is 0 Å². The van der Waals surface area contributed by atoms with Crippen molar-refractivity contribution >= 4 is 16.8 Å². The van der Waals surface area contributed by atoms with Gasteiger partial charge in [-0.2, -0.15) is 0 Å². The fourth-order valence-corrected chi connectivity index (χ4v) is 2.82. The van der Waals surface area contributed by atoms with Gasteiger partial charge < -0.3 is 15.4 Å². The van der Waals surface area contributed by atoms with E-state index in [1.165, 1.54) is 0 Å². The molecule has 0 atom stereocenters. The Labute approximate surface area is 159 Å². The van der Waals surface area contributed by atoms with Crippen LogP contribution in [0.1, 0.15) is 23.2 Å². The van der Waals surface area contributed by atoms with Crippen molar-refractivity contribution in [2.75, 3.05) is 26.2 Å². The third-order valence-corrected chi connectivity index (χ3v) is 4.23. The Bertz CT molecular complexity index is 847. The Morgan fingerprint density at radius 3 is 2.59 bits per heavy atom. The molecule has 0 saturated heterocycles. The summed E-state index contributed by atoms with van der Waals surface area (Å²) in [6.45, 7) is 2.96. The molecule has 3 aromatic rings. The number of ether oxygens (including phenoxy) is 1. The van der Waals surface area contributed by atoms with Crippen molar-refractivity contribution in [3.8, 4) is 5.75 Å². The van der Waals surface area contributed by atoms with Crippen LogP contribution in [0.2, 0.25) is 0 Å². The maximum Gasteiger partial charge on any atom is 0.251 e. The van der Waals surface area contributed by atoms with E-state index in [-0.39, 0.29) is 5.91 Å². The lowest BCUT2D eigenvalue weighted by Crippen LogP contribution is -2.26. The standard InChI is InChI=1S/C22H25N3O2/c26-22(19-8-2-1-3-9-19)25-14-5-4-13-23-16-17-27-20-12-6-10-18-11-7-15-24-21(18)20/h1-3,6-12,15,23H,4-5,13-14,16-17H2,(H,25,26). The quantitative estimate of drug-likeness (QED) is 0.542. The highest BCUT2D eigenvalue weighted by Crippen LogP contribution is 2.22. The number of carbonyl (C=O) groups excluding carboxylic acids is 1. The lowest BCUT2D eigenvalue weighted by atomic mass is 10.2. The van der Waals surface area contributed by atoms with Crippen molar-refractivity contribution < 1.29 is 9.53 Å². The van der Waals surface area contributed by atoms with Crippen LogP contribution in [0, 0.1) is 0 Å². The molecule has 1 heterocycles. The van der Waals surface area contributed by atoms with Crippen LogP contribution in [0.15, 0.2) is 66.9 Å². The van der Waals surface area contributed by atoms with Crippen molar-refractivity contribution in [1.82, 2.24) is 15.6 Å². The maximum atomic E-state index is 11.9. The summed E-state index contributed by atoms with van der Waals surface area (Å²) in [6.07, 6.45) is 3.73. The second kappa shape index (κ2) is 10.3. The Morgan fingerprint density at radius 1 is 0.889 bits per heavy atom. The lowest BCUT2D eigenvalue weighted by molar-refractivity contribution is 0.0953. The van der Waals surface area contributed by atoms with E-state index >= 15 is 0 Å². The van der Waals surface area contributed by atoms with Crippen LogP contribution in [-0.4, -0.2) is 37.1 Å². The number of hydrogen-bond donors (Lipinski definition) is 2. The van der Waals surface area contributed by atoms with Gasteiger partial charge in [-0.1, -0.05) is 36.4 Å². The molecule has 0 radical (unpaired) electrons. The molecule has 5 nitrogen and oxygen atoms in total. The van der Waals surface area contributed by atoms with Crippen molar-refractivity contribution in [2.45, 2.75) is 12.8 Å². The van der Waals surface area contributed by atoms with Gasteiger partial charge in [-0.15, -0.1) is 0 Å². The molecular weight excluding hydrogens is 338 g/mol. The highest BCUT2D eigenvalue weighted by atomic mass is 16.5. The summed E-state index contributed by atoms with van der Waals surface area (Å²) in [7, 11) is 0. The number of fused-ring (bicyclic) bond motifs is 1. The molecule has 3 rings (SSSR count). The number of rotatable bonds is 10. The number of benzene rings is 2. The third kappa shape index (κ3) is 5.79. The molecule has 140 valence electrons. The average Bonchev–Trinajstić information content (AvgIpc) is 2.73. The Hall–Kier alpha value is -2.92. The van der Waals surface area contributed by atoms with Gasteiger partial charge in [-0.3, -0.25) is 9.78 Å². The van der Waals surface area contributed by atoms with Gasteiger partial charge in [0.15, 0.2) is 0 Å². The molecule has 0 saturated carbocycles. The maximum absolute atomic E-state index is 11.9. The second-order valence-corrected chi connectivity index (χ2v) is 6.26. The minimum absolute atomic E-state index is 0.0133. The van der Waals surface area contributed by atoms with Crippen LogP contribution >= 0.6 is 0 Å². The van der Waals surface area contributed by atoms with Crippen LogP contribution in [0.4, 0.5) is 0 Å². The molecule has 0 fully saturated rings. The highest BCUT2D eigenvalue weighted by molar-refractivity contribution is 5.94. The second-order valence-electron chi connectivity index (χ2n) is 6.26. The zero-order valence-corrected chi connectivity index (χ0v) is 15.4. The Morgan fingerprint density at radius 2 is 1.70 bits per heavy atom. The summed E-state index contributed by atoms with van der Waals surface area (Å²) in [5, 5.41) is 7.39. The minimum Gasteiger partial charge on any atom is -0.490 e. The van der Waals surface area contributed by atoms with Crippen LogP contribution in [0.25, 0.3) is 10.9 Å². The number of pyridine rings is 1. The van der Waals surface area contributed by atoms with Gasteiger partial charge in [-0.05, 0) is 43.7 Å². The number of nitrogens with zero attached hydrogens (tertiary/aromatic N) is 1. The van der Waals surface area contributed by atoms with Crippen LogP contribution in [0.5, 0.6) is 5.75 Å². The van der Waals surface area contributed by atoms with Gasteiger partial charge in [0.1, 0.15) is 17.9 Å². The van der Waals surface area contributed by atoms with E-state index in [9.17, 15) is 4.79 Å². The number of nitrogens with one attached hydrogen (secondary N) is 2. The number of hydrogen-bond acceptors (Lipinski definition) is 4. The minimum atomic E-state index is -0.0133. The summed E-state index contributed by atoms with van der Waals surface area (Å²) in [6, 6.07) is 19.2. The topological polar surface area (TPSA) is 63.2 Å². The number of para-hydroxylation sites is 1. The normalized spacial score (nSPS) is 10.7. The summed E-state index contributed by atoms with van der Waals surface area (Å²) >= 11 is 0. The number of carbonyl (C=O) groups is 1. The summed E-state index contributed by atoms with van der Waals surface area (Å²) < 4.78 is 5.85. The first-order valence-corrected chi connectivity index (χ1v) is 9.35. The molecule has 2 N–H and O–H groups in total. The summed E-state index contributed by atoms with van der Waals surface area (Å²) in [4.78, 5) is 16.3. The van der Waals surface area contributed by atoms with Gasteiger partial charge in [-0.25, -0.2) is 0 Å². The number of unbranched alkanes of at least 4 members (excludes halogenated alkanes) is 1. The predicted molar refractivity (Wildman–Crippen MR) is 108 cm³/mol. The van der Waals surface area contributed by atoms with E-state index in [1.807, 2.05) is 60.7 Å². The molecule has 2 aromatic carbocycles. The van der Waals surface area contributed by atoms with Gasteiger partial charge in [0.05, 0.1) is 0 Å². The summed E-state index contributed by atoms with van der Waals surface area (Å²) in [5.41, 5.74) is 1.60. The SMILES string of the molecule is O=C(NCCCCNCCOc1cccc2cccnc12)c1ccccc1. The van der Waals surface area contributed by atoms with Crippen molar-refractivity contribution in [1.29, 1.82) is 0 Å². The molecule has 0 unspecified atom stereocenters. The molecule has 0 bridgehead atoms. The fourth-order valence-electron chi connectivity index (χ4n) is 2.82. The van der Waals surface area contributed by atoms with E-state index in [1.54, 1.807) is 6.20 Å². The van der Waals surface area contributed by atoms with E-state index in [4.69, 9.17) is 4.74 Å². The van der Waals surface area contributed by atoms with Gasteiger partial charge >= 0.3 is 0 Å². The van der Waals surface area contributed by atoms with E-state index in [0.717, 1.165) is 42.6 Å². The number of amides is 1. The molecule has 1 aromatic heterocycles. The zero-order valence-electron chi connectivity index (χ0n) is 15.4. The third-order valence-electron chi connectivity index (χ3n) is 4.23. The highest BCUT2D eigenvalue weighted by Gasteiger charge is 2.03. The van der Waals surface area contributed by atoms with E-state index in [0.29, 0.717) is 18.7 Å². The van der Waals surface area contributed by atoms with Crippen molar-refractivity contribution in [2.24, 2.45) is 0 Å². The first kappa shape index (κ1) is 18.9. The van der Waals surface area contributed by atoms with Crippen molar-refractivity contribution in [3.63, 3.8) is 0 Å². The van der Waals surface area contributed by atoms with Crippen molar-refractivity contribution in [3.05, 3.63) is 72.4 Å². The predicted octanol–water partition coefficient (Wildman–Crippen LogP) is 3.41. The molecule has 5 heteroatoms. The summed E-state index contributed by atoms with van der Waals surface area (Å²) in [5.74, 6) is 0.805. The molecule has 0 aliphatic carbocycles. The van der Waals surface area contributed by atoms with Crippen LogP contribution in [0.3, 0.4) is 0 Å². The monoisotopic (exact) mass is 363 g/mol. The van der Waals surface area contributed by atoms with Crippen LogP contribution in [-0.2, 0) is 0 Å². The molecule has 27 heavy (non-hydrogen) atoms. The number of aromatic nitrogens is 1. The van der Waals surface area contributed by atoms with Crippen LogP contribution < -0.4 is 15.4 Å². The van der Waals surface area contributed by atoms with Gasteiger partial charge in [0.25, 0.3) is 5.91 Å². The Kier molecular flexibility index (Phi) is 7.18. The molecule has 1 amide bonds. The van der Waals surface area contributed by atoms with Gasteiger partial charge in [0, 0.05) is 30.2 Å². The average molecular weight is 363 g/mol. The molecule has 0 aliphatic heterocycles. The fraction of sp³-hybridized carbons (Fsp3) is 0.273. The molecule has 0 spiro atoms. The lowest BCUT2D eigenvalue weighted by Gasteiger charge is -2.09. The first-order valence-electron chi connectivity index (χ1n) is 9.35. The molecular formula is C22H25N3O2. The van der Waals surface area contributed by atoms with Gasteiger partial charge in [0.2, 0.25) is 0 Å². The largest absolute Gasteiger partial charge is 0.490 e. The first-order chi connectivity index (χ1) is 13.3. The zero-order chi connectivity index (χ0) is 18.7. The van der Waals surface area contributed by atoms with E-state index in [2.05, 4.69) is 15.6 Å². The smallest absolute Gasteiger partial charge is 0.251 e.